The zero-order chi connectivity index (χ0) is 18.9. The van der Waals surface area contributed by atoms with Crippen molar-refractivity contribution in [2.24, 2.45) is 0 Å². The zero-order valence-electron chi connectivity index (χ0n) is 17.2. The van der Waals surface area contributed by atoms with E-state index in [-0.39, 0.29) is 0 Å². The molecule has 144 valence electrons. The summed E-state index contributed by atoms with van der Waals surface area (Å²) in [5, 5.41) is 0. The van der Waals surface area contributed by atoms with Gasteiger partial charge in [0.1, 0.15) is 5.82 Å². The number of pyridine rings is 1. The van der Waals surface area contributed by atoms with Gasteiger partial charge in [-0.2, -0.15) is 0 Å². The molecule has 0 unspecified atom stereocenters. The fourth-order valence-corrected chi connectivity index (χ4v) is 4.54. The van der Waals surface area contributed by atoms with Crippen molar-refractivity contribution >= 4 is 5.82 Å². The molecule has 0 amide bonds. The van der Waals surface area contributed by atoms with Gasteiger partial charge in [-0.25, -0.2) is 4.98 Å². The van der Waals surface area contributed by atoms with Crippen LogP contribution in [0.15, 0.2) is 36.4 Å². The molecule has 4 rings (SSSR count). The Morgan fingerprint density at radius 1 is 1.04 bits per heavy atom. The molecular weight excluding hydrogens is 330 g/mol. The predicted octanol–water partition coefficient (Wildman–Crippen LogP) is 4.89. The van der Waals surface area contributed by atoms with E-state index in [1.54, 1.807) is 0 Å². The summed E-state index contributed by atoms with van der Waals surface area (Å²) in [6.45, 7) is 12.7. The van der Waals surface area contributed by atoms with Gasteiger partial charge in [0.15, 0.2) is 0 Å². The van der Waals surface area contributed by atoms with Crippen molar-refractivity contribution in [3.63, 3.8) is 0 Å². The zero-order valence-corrected chi connectivity index (χ0v) is 17.2. The molecule has 3 nitrogen and oxygen atoms in total. The Kier molecular flexibility index (Phi) is 5.23. The van der Waals surface area contributed by atoms with Gasteiger partial charge in [0.2, 0.25) is 0 Å². The van der Waals surface area contributed by atoms with E-state index in [0.717, 1.165) is 37.7 Å². The van der Waals surface area contributed by atoms with Gasteiger partial charge in [0.25, 0.3) is 0 Å². The summed E-state index contributed by atoms with van der Waals surface area (Å²) in [7, 11) is 0. The van der Waals surface area contributed by atoms with E-state index in [1.807, 2.05) is 0 Å². The first-order valence-electron chi connectivity index (χ1n) is 10.6. The van der Waals surface area contributed by atoms with Crippen molar-refractivity contribution in [1.82, 2.24) is 9.88 Å². The van der Waals surface area contributed by atoms with Crippen molar-refractivity contribution in [3.05, 3.63) is 47.5 Å². The van der Waals surface area contributed by atoms with Gasteiger partial charge < -0.3 is 4.90 Å². The highest BCUT2D eigenvalue weighted by Crippen LogP contribution is 2.39. The van der Waals surface area contributed by atoms with Crippen LogP contribution in [0.3, 0.4) is 0 Å². The number of benzene rings is 1. The normalized spacial score (nSPS) is 19.3. The SMILES string of the molecule is CCCCN1CCN(c2cccc(-c3ccc4c(c3)CCC4(C)C)n2)CC1. The Morgan fingerprint density at radius 3 is 2.63 bits per heavy atom. The number of aromatic nitrogens is 1. The molecule has 0 N–H and O–H groups in total. The molecule has 3 heteroatoms. The van der Waals surface area contributed by atoms with Crippen LogP contribution >= 0.6 is 0 Å². The highest BCUT2D eigenvalue weighted by molar-refractivity contribution is 5.64. The number of nitrogens with zero attached hydrogens (tertiary/aromatic N) is 3. The first-order valence-corrected chi connectivity index (χ1v) is 10.6. The maximum Gasteiger partial charge on any atom is 0.129 e. The molecule has 0 radical (unpaired) electrons. The van der Waals surface area contributed by atoms with Gasteiger partial charge in [-0.1, -0.05) is 45.4 Å². The van der Waals surface area contributed by atoms with E-state index in [4.69, 9.17) is 4.98 Å². The van der Waals surface area contributed by atoms with Gasteiger partial charge in [-0.05, 0) is 60.5 Å². The molecule has 1 fully saturated rings. The Bertz CT molecular complexity index is 788. The lowest BCUT2D eigenvalue weighted by atomic mass is 9.86. The molecule has 1 aliphatic carbocycles. The molecule has 1 aromatic heterocycles. The summed E-state index contributed by atoms with van der Waals surface area (Å²) < 4.78 is 0. The van der Waals surface area contributed by atoms with E-state index < -0.39 is 0 Å². The Hall–Kier alpha value is -1.87. The number of rotatable bonds is 5. The van der Waals surface area contributed by atoms with Crippen LogP contribution in [0.2, 0.25) is 0 Å². The molecule has 27 heavy (non-hydrogen) atoms. The largest absolute Gasteiger partial charge is 0.354 e. The lowest BCUT2D eigenvalue weighted by Gasteiger charge is -2.35. The van der Waals surface area contributed by atoms with E-state index in [2.05, 4.69) is 67.0 Å². The monoisotopic (exact) mass is 363 g/mol. The number of hydrogen-bond acceptors (Lipinski definition) is 3. The number of fused-ring (bicyclic) bond motifs is 1. The minimum atomic E-state index is 0.320. The van der Waals surface area contributed by atoms with Crippen LogP contribution in [0.4, 0.5) is 5.82 Å². The summed E-state index contributed by atoms with van der Waals surface area (Å²) in [6, 6.07) is 13.5. The predicted molar refractivity (Wildman–Crippen MR) is 115 cm³/mol. The van der Waals surface area contributed by atoms with Crippen LogP contribution in [-0.2, 0) is 11.8 Å². The van der Waals surface area contributed by atoms with Crippen LogP contribution in [0.25, 0.3) is 11.3 Å². The Balaban J connectivity index is 1.49. The second-order valence-corrected chi connectivity index (χ2v) is 8.82. The van der Waals surface area contributed by atoms with E-state index in [9.17, 15) is 0 Å². The van der Waals surface area contributed by atoms with Crippen molar-refractivity contribution in [1.29, 1.82) is 0 Å². The minimum Gasteiger partial charge on any atom is -0.354 e. The average molecular weight is 364 g/mol. The molecule has 2 aromatic rings. The molecule has 1 aliphatic heterocycles. The Labute approximate surface area is 164 Å². The third-order valence-corrected chi connectivity index (χ3v) is 6.41. The van der Waals surface area contributed by atoms with Crippen molar-refractivity contribution < 1.29 is 0 Å². The molecule has 0 bridgehead atoms. The molecule has 1 aromatic carbocycles. The molecular formula is C24H33N3. The molecule has 1 saturated heterocycles. The third-order valence-electron chi connectivity index (χ3n) is 6.41. The number of unbranched alkanes of at least 4 members (excludes halogenated alkanes) is 1. The molecule has 0 atom stereocenters. The summed E-state index contributed by atoms with van der Waals surface area (Å²) in [4.78, 5) is 10.1. The van der Waals surface area contributed by atoms with E-state index in [1.165, 1.54) is 48.9 Å². The van der Waals surface area contributed by atoms with E-state index in [0.29, 0.717) is 5.41 Å². The first-order chi connectivity index (χ1) is 13.1. The van der Waals surface area contributed by atoms with Crippen molar-refractivity contribution in [2.45, 2.75) is 51.9 Å². The average Bonchev–Trinajstić information content (AvgIpc) is 3.01. The van der Waals surface area contributed by atoms with E-state index >= 15 is 0 Å². The second-order valence-electron chi connectivity index (χ2n) is 8.82. The number of piperazine rings is 1. The van der Waals surface area contributed by atoms with Crippen LogP contribution in [0.5, 0.6) is 0 Å². The maximum absolute atomic E-state index is 5.02. The summed E-state index contributed by atoms with van der Waals surface area (Å²) in [5.41, 5.74) is 5.71. The standard InChI is InChI=1S/C24H33N3/c1-4-5-13-26-14-16-27(17-15-26)23-8-6-7-22(25-23)20-9-10-21-19(18-20)11-12-24(21,2)3/h6-10,18H,4-5,11-17H2,1-3H3. The molecule has 2 heterocycles. The summed E-state index contributed by atoms with van der Waals surface area (Å²) in [6.07, 6.45) is 5.03. The molecule has 0 saturated carbocycles. The van der Waals surface area contributed by atoms with Crippen LogP contribution in [-0.4, -0.2) is 42.6 Å². The second kappa shape index (κ2) is 7.63. The number of aryl methyl sites for hydroxylation is 1. The van der Waals surface area contributed by atoms with Crippen LogP contribution in [0, 0.1) is 0 Å². The van der Waals surface area contributed by atoms with Gasteiger partial charge in [-0.15, -0.1) is 0 Å². The topological polar surface area (TPSA) is 19.4 Å². The van der Waals surface area contributed by atoms with Crippen molar-refractivity contribution in [2.75, 3.05) is 37.6 Å². The Morgan fingerprint density at radius 2 is 1.85 bits per heavy atom. The molecule has 0 spiro atoms. The van der Waals surface area contributed by atoms with Gasteiger partial charge in [0, 0.05) is 31.7 Å². The van der Waals surface area contributed by atoms with Crippen LogP contribution < -0.4 is 4.90 Å². The maximum atomic E-state index is 5.02. The molecule has 2 aliphatic rings. The summed E-state index contributed by atoms with van der Waals surface area (Å²) in [5.74, 6) is 1.13. The fraction of sp³-hybridized carbons (Fsp3) is 0.542. The third kappa shape index (κ3) is 3.89. The van der Waals surface area contributed by atoms with Gasteiger partial charge >= 0.3 is 0 Å². The smallest absolute Gasteiger partial charge is 0.129 e. The van der Waals surface area contributed by atoms with Crippen molar-refractivity contribution in [3.8, 4) is 11.3 Å². The van der Waals surface area contributed by atoms with Crippen LogP contribution in [0.1, 0.15) is 51.2 Å². The lowest BCUT2D eigenvalue weighted by molar-refractivity contribution is 0.253. The minimum absolute atomic E-state index is 0.320. The quantitative estimate of drug-likeness (QED) is 0.753. The van der Waals surface area contributed by atoms with Gasteiger partial charge in [-0.3, -0.25) is 4.90 Å². The highest BCUT2D eigenvalue weighted by Gasteiger charge is 2.29. The number of anilines is 1. The number of hydrogen-bond donors (Lipinski definition) is 0. The summed E-state index contributed by atoms with van der Waals surface area (Å²) >= 11 is 0. The highest BCUT2D eigenvalue weighted by atomic mass is 15.3. The first kappa shape index (κ1) is 18.5. The fourth-order valence-electron chi connectivity index (χ4n) is 4.54. The van der Waals surface area contributed by atoms with Gasteiger partial charge in [0.05, 0.1) is 5.69 Å². The lowest BCUT2D eigenvalue weighted by Crippen LogP contribution is -2.46.